The summed E-state index contributed by atoms with van der Waals surface area (Å²) in [6, 6.07) is 2.32. The lowest BCUT2D eigenvalue weighted by atomic mass is 10.2. The summed E-state index contributed by atoms with van der Waals surface area (Å²) in [6.45, 7) is 5.65. The summed E-state index contributed by atoms with van der Waals surface area (Å²) < 4.78 is 13.4. The van der Waals surface area contributed by atoms with Crippen molar-refractivity contribution in [3.05, 3.63) is 48.2 Å². The van der Waals surface area contributed by atoms with Crippen LogP contribution in [0.5, 0.6) is 0 Å². The number of hydrogen-bond donors (Lipinski definition) is 2. The van der Waals surface area contributed by atoms with Gasteiger partial charge >= 0.3 is 0 Å². The minimum atomic E-state index is -0.593. The van der Waals surface area contributed by atoms with Gasteiger partial charge < -0.3 is 25.3 Å². The van der Waals surface area contributed by atoms with Gasteiger partial charge in [0.05, 0.1) is 11.8 Å². The number of amides is 2. The first kappa shape index (κ1) is 31.2. The fraction of sp³-hybridized carbons (Fsp3) is 0.464. The van der Waals surface area contributed by atoms with Crippen LogP contribution in [0.25, 0.3) is 0 Å². The predicted molar refractivity (Wildman–Crippen MR) is 152 cm³/mol. The quantitative estimate of drug-likeness (QED) is 0.174. The summed E-state index contributed by atoms with van der Waals surface area (Å²) >= 11 is 0. The molecule has 0 aliphatic carbocycles. The van der Waals surface area contributed by atoms with Gasteiger partial charge in [-0.25, -0.2) is 9.97 Å². The van der Waals surface area contributed by atoms with Crippen LogP contribution in [-0.4, -0.2) is 90.4 Å². The van der Waals surface area contributed by atoms with Gasteiger partial charge in [0.2, 0.25) is 23.7 Å². The Bertz CT molecular complexity index is 1190. The van der Waals surface area contributed by atoms with Crippen molar-refractivity contribution in [3.8, 4) is 11.8 Å². The number of unbranched alkanes of at least 4 members (excludes halogenated alkanes) is 1. The predicted octanol–water partition coefficient (Wildman–Crippen LogP) is 2.81. The standard InChI is InChI=1S/C28H39FN8O2/c1-7-17-36(5)26-22(20-32-28(34-26)33-23-14-16-30-24(29)19-23)12-9-8-10-15-31-27(39)21(2)37(6)25(38)13-11-18-35(3)4/h11,13-14,16,19-21H,7-8,10,15,17-18H2,1-6H3,(H,31,39)(H,30,32,33,34)/t21-/m0/s1. The van der Waals surface area contributed by atoms with E-state index >= 15 is 0 Å². The van der Waals surface area contributed by atoms with E-state index in [4.69, 9.17) is 0 Å². The van der Waals surface area contributed by atoms with Gasteiger partial charge in [-0.2, -0.15) is 9.37 Å². The summed E-state index contributed by atoms with van der Waals surface area (Å²) in [6.07, 6.45) is 8.40. The van der Waals surface area contributed by atoms with Crippen LogP contribution >= 0.6 is 0 Å². The maximum atomic E-state index is 13.4. The fourth-order valence-electron chi connectivity index (χ4n) is 3.41. The number of carbonyl (C=O) groups is 2. The molecule has 0 bridgehead atoms. The van der Waals surface area contributed by atoms with Crippen LogP contribution in [0.4, 0.5) is 21.8 Å². The second kappa shape index (κ2) is 16.0. The molecule has 0 saturated heterocycles. The lowest BCUT2D eigenvalue weighted by Crippen LogP contribution is -2.45. The van der Waals surface area contributed by atoms with E-state index in [1.54, 1.807) is 32.3 Å². The molecule has 0 aromatic carbocycles. The molecular formula is C28H39FN8O2. The smallest absolute Gasteiger partial charge is 0.246 e. The highest BCUT2D eigenvalue weighted by Crippen LogP contribution is 2.20. The molecule has 0 aliphatic heterocycles. The van der Waals surface area contributed by atoms with Gasteiger partial charge in [-0.1, -0.05) is 24.8 Å². The Balaban J connectivity index is 1.92. The third-order valence-electron chi connectivity index (χ3n) is 5.71. The Labute approximate surface area is 230 Å². The van der Waals surface area contributed by atoms with Crippen LogP contribution in [0.3, 0.4) is 0 Å². The van der Waals surface area contributed by atoms with Crippen molar-refractivity contribution < 1.29 is 14.0 Å². The highest BCUT2D eigenvalue weighted by atomic mass is 19.1. The number of pyridine rings is 1. The van der Waals surface area contributed by atoms with Gasteiger partial charge in [-0.3, -0.25) is 9.59 Å². The van der Waals surface area contributed by atoms with E-state index < -0.39 is 12.0 Å². The normalized spacial score (nSPS) is 11.6. The van der Waals surface area contributed by atoms with E-state index in [9.17, 15) is 14.0 Å². The lowest BCUT2D eigenvalue weighted by Gasteiger charge is -2.23. The zero-order valence-corrected chi connectivity index (χ0v) is 23.7. The molecule has 0 aliphatic rings. The van der Waals surface area contributed by atoms with Crippen molar-refractivity contribution in [2.24, 2.45) is 0 Å². The Morgan fingerprint density at radius 2 is 1.97 bits per heavy atom. The molecule has 2 N–H and O–H groups in total. The summed E-state index contributed by atoms with van der Waals surface area (Å²) in [5, 5.41) is 5.86. The van der Waals surface area contributed by atoms with Gasteiger partial charge in [0.15, 0.2) is 0 Å². The second-order valence-corrected chi connectivity index (χ2v) is 9.33. The molecule has 0 spiro atoms. The first-order chi connectivity index (χ1) is 18.6. The Kier molecular flexibility index (Phi) is 12.8. The number of anilines is 3. The Morgan fingerprint density at radius 1 is 1.21 bits per heavy atom. The molecule has 2 aromatic rings. The number of nitrogens with zero attached hydrogens (tertiary/aromatic N) is 6. The van der Waals surface area contributed by atoms with Crippen LogP contribution in [0.15, 0.2) is 36.7 Å². The highest BCUT2D eigenvalue weighted by Gasteiger charge is 2.20. The van der Waals surface area contributed by atoms with Crippen molar-refractivity contribution in [1.82, 2.24) is 30.1 Å². The third kappa shape index (κ3) is 10.7. The molecule has 0 unspecified atom stereocenters. The molecule has 2 rings (SSSR count). The molecular weight excluding hydrogens is 499 g/mol. The molecule has 0 radical (unpaired) electrons. The molecule has 2 amide bonds. The van der Waals surface area contributed by atoms with Crippen LogP contribution < -0.4 is 15.5 Å². The van der Waals surface area contributed by atoms with Gasteiger partial charge in [0.25, 0.3) is 0 Å². The van der Waals surface area contributed by atoms with Crippen LogP contribution in [0, 0.1) is 17.8 Å². The zero-order valence-electron chi connectivity index (χ0n) is 23.7. The Morgan fingerprint density at radius 3 is 2.67 bits per heavy atom. The van der Waals surface area contributed by atoms with E-state index in [1.807, 2.05) is 30.9 Å². The zero-order chi connectivity index (χ0) is 28.8. The molecule has 0 saturated carbocycles. The monoisotopic (exact) mass is 538 g/mol. The molecule has 11 heteroatoms. The van der Waals surface area contributed by atoms with E-state index in [0.717, 1.165) is 13.0 Å². The SMILES string of the molecule is CCCN(C)c1nc(Nc2ccnc(F)c2)ncc1C#CCCCNC(=O)[C@H](C)N(C)C(=O)C=CCN(C)C. The first-order valence-corrected chi connectivity index (χ1v) is 12.9. The van der Waals surface area contributed by atoms with Crippen molar-refractivity contribution in [2.45, 2.75) is 39.2 Å². The molecule has 2 aromatic heterocycles. The van der Waals surface area contributed by atoms with Gasteiger partial charge in [0.1, 0.15) is 11.9 Å². The molecule has 1 atom stereocenters. The number of aromatic nitrogens is 3. The van der Waals surface area contributed by atoms with Crippen LogP contribution in [0.2, 0.25) is 0 Å². The number of halogens is 1. The Hall–Kier alpha value is -4.04. The maximum Gasteiger partial charge on any atom is 0.246 e. The topological polar surface area (TPSA) is 107 Å². The number of likely N-dealkylation sites (N-methyl/N-ethyl adjacent to an activating group) is 2. The van der Waals surface area contributed by atoms with Gasteiger partial charge in [0, 0.05) is 64.2 Å². The summed E-state index contributed by atoms with van der Waals surface area (Å²) in [7, 11) is 7.38. The molecule has 210 valence electrons. The number of nitrogens with one attached hydrogen (secondary N) is 2. The van der Waals surface area contributed by atoms with E-state index in [2.05, 4.69) is 44.4 Å². The van der Waals surface area contributed by atoms with E-state index in [1.165, 1.54) is 23.2 Å². The molecule has 0 fully saturated rings. The minimum Gasteiger partial charge on any atom is -0.358 e. The molecule has 2 heterocycles. The molecule has 10 nitrogen and oxygen atoms in total. The van der Waals surface area contributed by atoms with Crippen molar-refractivity contribution >= 4 is 29.3 Å². The third-order valence-corrected chi connectivity index (χ3v) is 5.71. The summed E-state index contributed by atoms with van der Waals surface area (Å²) in [4.78, 5) is 42.5. The summed E-state index contributed by atoms with van der Waals surface area (Å²) in [5.74, 6) is 6.24. The first-order valence-electron chi connectivity index (χ1n) is 12.9. The van der Waals surface area contributed by atoms with Gasteiger partial charge in [-0.05, 0) is 39.9 Å². The van der Waals surface area contributed by atoms with Crippen molar-refractivity contribution in [3.63, 3.8) is 0 Å². The lowest BCUT2D eigenvalue weighted by molar-refractivity contribution is -0.135. The van der Waals surface area contributed by atoms with Gasteiger partial charge in [-0.15, -0.1) is 0 Å². The van der Waals surface area contributed by atoms with Crippen molar-refractivity contribution in [2.75, 3.05) is 58.0 Å². The number of hydrogen-bond acceptors (Lipinski definition) is 8. The van der Waals surface area contributed by atoms with Crippen molar-refractivity contribution in [1.29, 1.82) is 0 Å². The average molecular weight is 539 g/mol. The van der Waals surface area contributed by atoms with E-state index in [-0.39, 0.29) is 11.8 Å². The molecule has 39 heavy (non-hydrogen) atoms. The summed E-state index contributed by atoms with van der Waals surface area (Å²) in [5.41, 5.74) is 1.18. The second-order valence-electron chi connectivity index (χ2n) is 9.33. The average Bonchev–Trinajstić information content (AvgIpc) is 2.90. The van der Waals surface area contributed by atoms with Crippen LogP contribution in [0.1, 0.15) is 38.7 Å². The minimum absolute atomic E-state index is 0.214. The van der Waals surface area contributed by atoms with E-state index in [0.29, 0.717) is 48.9 Å². The fourth-order valence-corrected chi connectivity index (χ4v) is 3.41. The highest BCUT2D eigenvalue weighted by molar-refractivity contribution is 5.92. The number of carbonyl (C=O) groups excluding carboxylic acids is 2. The largest absolute Gasteiger partial charge is 0.358 e. The van der Waals surface area contributed by atoms with Crippen LogP contribution in [-0.2, 0) is 9.59 Å². The number of rotatable bonds is 13. The maximum absolute atomic E-state index is 13.4.